The standard InChI is InChI=1S/C25H30F4N2O3/c1-16-13-18(14-20(26)23(16)30-22(32)15-24(2,3)4)31-10-9-21(33-12-11-31)17-5-7-19(8-6-17)34-25(27,28)29/h5-8,13-14,21H,9-12,15H2,1-4H3,(H,30,32). The largest absolute Gasteiger partial charge is 0.573 e. The quantitative estimate of drug-likeness (QED) is 0.503. The minimum atomic E-state index is -4.74. The molecule has 1 saturated heterocycles. The highest BCUT2D eigenvalue weighted by Gasteiger charge is 2.31. The van der Waals surface area contributed by atoms with E-state index < -0.39 is 12.2 Å². The first-order valence-corrected chi connectivity index (χ1v) is 11.1. The van der Waals surface area contributed by atoms with E-state index in [1.807, 2.05) is 31.7 Å². The van der Waals surface area contributed by atoms with Gasteiger partial charge in [-0.15, -0.1) is 13.2 Å². The van der Waals surface area contributed by atoms with Crippen LogP contribution in [0.5, 0.6) is 5.75 Å². The van der Waals surface area contributed by atoms with E-state index in [4.69, 9.17) is 4.74 Å². The molecule has 1 aliphatic heterocycles. The number of benzene rings is 2. The van der Waals surface area contributed by atoms with Gasteiger partial charge in [-0.2, -0.15) is 0 Å². The lowest BCUT2D eigenvalue weighted by Gasteiger charge is -2.24. The lowest BCUT2D eigenvalue weighted by atomic mass is 9.92. The molecule has 0 aliphatic carbocycles. The average Bonchev–Trinajstić information content (AvgIpc) is 2.95. The Morgan fingerprint density at radius 3 is 2.41 bits per heavy atom. The van der Waals surface area contributed by atoms with Gasteiger partial charge in [0.25, 0.3) is 0 Å². The van der Waals surface area contributed by atoms with Gasteiger partial charge in [0, 0.05) is 25.2 Å². The number of aryl methyl sites for hydroxylation is 1. The van der Waals surface area contributed by atoms with E-state index in [0.717, 1.165) is 5.56 Å². The Labute approximate surface area is 197 Å². The topological polar surface area (TPSA) is 50.8 Å². The van der Waals surface area contributed by atoms with E-state index in [9.17, 15) is 22.4 Å². The molecule has 1 heterocycles. The van der Waals surface area contributed by atoms with Crippen molar-refractivity contribution in [2.75, 3.05) is 29.9 Å². The lowest BCUT2D eigenvalue weighted by molar-refractivity contribution is -0.274. The van der Waals surface area contributed by atoms with Crippen LogP contribution in [0, 0.1) is 18.2 Å². The molecule has 0 spiro atoms. The highest BCUT2D eigenvalue weighted by molar-refractivity contribution is 5.92. The van der Waals surface area contributed by atoms with E-state index in [1.165, 1.54) is 18.2 Å². The summed E-state index contributed by atoms with van der Waals surface area (Å²) in [7, 11) is 0. The Hall–Kier alpha value is -2.81. The van der Waals surface area contributed by atoms with E-state index in [-0.39, 0.29) is 35.3 Å². The number of rotatable bonds is 5. The third-order valence-corrected chi connectivity index (χ3v) is 5.42. The predicted octanol–water partition coefficient (Wildman–Crippen LogP) is 6.38. The van der Waals surface area contributed by atoms with Crippen molar-refractivity contribution in [1.29, 1.82) is 0 Å². The Morgan fingerprint density at radius 1 is 1.15 bits per heavy atom. The second-order valence-electron chi connectivity index (χ2n) is 9.66. The number of amides is 1. The van der Waals surface area contributed by atoms with Crippen LogP contribution in [0.4, 0.5) is 28.9 Å². The molecule has 1 amide bonds. The second kappa shape index (κ2) is 10.2. The molecular weight excluding hydrogens is 452 g/mol. The SMILES string of the molecule is Cc1cc(N2CCOC(c3ccc(OC(F)(F)F)cc3)CC2)cc(F)c1NC(=O)CC(C)(C)C. The highest BCUT2D eigenvalue weighted by Crippen LogP contribution is 2.32. The molecular formula is C25H30F4N2O3. The highest BCUT2D eigenvalue weighted by atomic mass is 19.4. The maximum Gasteiger partial charge on any atom is 0.573 e. The van der Waals surface area contributed by atoms with Crippen molar-refractivity contribution in [3.63, 3.8) is 0 Å². The first kappa shape index (κ1) is 25.8. The van der Waals surface area contributed by atoms with Gasteiger partial charge in [0.2, 0.25) is 5.91 Å². The average molecular weight is 483 g/mol. The zero-order valence-electron chi connectivity index (χ0n) is 19.8. The van der Waals surface area contributed by atoms with Crippen molar-refractivity contribution in [2.24, 2.45) is 5.41 Å². The molecule has 1 N–H and O–H groups in total. The van der Waals surface area contributed by atoms with E-state index >= 15 is 0 Å². The molecule has 0 saturated carbocycles. The Bertz CT molecular complexity index is 978. The molecule has 1 atom stereocenters. The maximum absolute atomic E-state index is 14.9. The molecule has 2 aromatic carbocycles. The van der Waals surface area contributed by atoms with Crippen molar-refractivity contribution in [1.82, 2.24) is 0 Å². The van der Waals surface area contributed by atoms with Crippen LogP contribution >= 0.6 is 0 Å². The summed E-state index contributed by atoms with van der Waals surface area (Å²) in [5.41, 5.74) is 2.03. The fourth-order valence-electron chi connectivity index (χ4n) is 3.91. The Balaban J connectivity index is 1.66. The first-order valence-electron chi connectivity index (χ1n) is 11.1. The monoisotopic (exact) mass is 482 g/mol. The summed E-state index contributed by atoms with van der Waals surface area (Å²) in [6.07, 6.45) is -4.18. The first-order chi connectivity index (χ1) is 15.8. The van der Waals surface area contributed by atoms with Crippen LogP contribution in [-0.2, 0) is 9.53 Å². The summed E-state index contributed by atoms with van der Waals surface area (Å²) in [5.74, 6) is -1.02. The van der Waals surface area contributed by atoms with Crippen molar-refractivity contribution in [3.05, 3.63) is 53.3 Å². The third-order valence-electron chi connectivity index (χ3n) is 5.42. The van der Waals surface area contributed by atoms with Crippen LogP contribution in [0.1, 0.15) is 50.8 Å². The summed E-state index contributed by atoms with van der Waals surface area (Å²) < 4.78 is 61.8. The van der Waals surface area contributed by atoms with Gasteiger partial charge in [-0.1, -0.05) is 32.9 Å². The number of nitrogens with one attached hydrogen (secondary N) is 1. The molecule has 2 aromatic rings. The fourth-order valence-corrected chi connectivity index (χ4v) is 3.91. The van der Waals surface area contributed by atoms with Gasteiger partial charge < -0.3 is 19.7 Å². The number of alkyl halides is 3. The lowest BCUT2D eigenvalue weighted by Crippen LogP contribution is -2.26. The van der Waals surface area contributed by atoms with Gasteiger partial charge >= 0.3 is 6.36 Å². The predicted molar refractivity (Wildman–Crippen MR) is 122 cm³/mol. The molecule has 9 heteroatoms. The molecule has 1 unspecified atom stereocenters. The van der Waals surface area contributed by atoms with E-state index in [1.54, 1.807) is 19.1 Å². The van der Waals surface area contributed by atoms with Crippen LogP contribution < -0.4 is 15.0 Å². The summed E-state index contributed by atoms with van der Waals surface area (Å²) >= 11 is 0. The van der Waals surface area contributed by atoms with Crippen molar-refractivity contribution in [2.45, 2.75) is 53.0 Å². The minimum Gasteiger partial charge on any atom is -0.406 e. The maximum atomic E-state index is 14.9. The van der Waals surface area contributed by atoms with E-state index in [0.29, 0.717) is 37.4 Å². The molecule has 186 valence electrons. The van der Waals surface area contributed by atoms with Gasteiger partial charge in [0.15, 0.2) is 0 Å². The number of ether oxygens (including phenoxy) is 2. The fraction of sp³-hybridized carbons (Fsp3) is 0.480. The summed E-state index contributed by atoms with van der Waals surface area (Å²) in [4.78, 5) is 14.3. The minimum absolute atomic E-state index is 0.183. The van der Waals surface area contributed by atoms with Crippen LogP contribution in [-0.4, -0.2) is 32.0 Å². The van der Waals surface area contributed by atoms with Crippen LogP contribution in [0.25, 0.3) is 0 Å². The van der Waals surface area contributed by atoms with Crippen molar-refractivity contribution < 1.29 is 31.8 Å². The van der Waals surface area contributed by atoms with Crippen molar-refractivity contribution >= 4 is 17.3 Å². The number of nitrogens with zero attached hydrogens (tertiary/aromatic N) is 1. The van der Waals surface area contributed by atoms with Gasteiger partial charge in [0.05, 0.1) is 18.4 Å². The molecule has 5 nitrogen and oxygen atoms in total. The molecule has 1 fully saturated rings. The third kappa shape index (κ3) is 7.35. The van der Waals surface area contributed by atoms with Gasteiger partial charge in [-0.05, 0) is 54.2 Å². The summed E-state index contributed by atoms with van der Waals surface area (Å²) in [6, 6.07) is 8.88. The van der Waals surface area contributed by atoms with Gasteiger partial charge in [-0.25, -0.2) is 4.39 Å². The zero-order chi connectivity index (χ0) is 25.1. The smallest absolute Gasteiger partial charge is 0.406 e. The molecule has 3 rings (SSSR count). The van der Waals surface area contributed by atoms with Crippen LogP contribution in [0.15, 0.2) is 36.4 Å². The van der Waals surface area contributed by atoms with Crippen molar-refractivity contribution in [3.8, 4) is 5.75 Å². The van der Waals surface area contributed by atoms with E-state index in [2.05, 4.69) is 10.1 Å². The second-order valence-corrected chi connectivity index (χ2v) is 9.66. The number of anilines is 2. The van der Waals surface area contributed by atoms with Gasteiger partial charge in [0.1, 0.15) is 11.6 Å². The number of hydrogen-bond donors (Lipinski definition) is 1. The van der Waals surface area contributed by atoms with Crippen LogP contribution in [0.2, 0.25) is 0 Å². The molecule has 0 aromatic heterocycles. The normalized spacial score (nSPS) is 17.3. The number of halogens is 4. The molecule has 0 bridgehead atoms. The number of carbonyl (C=O) groups excluding carboxylic acids is 1. The molecule has 0 radical (unpaired) electrons. The van der Waals surface area contributed by atoms with Gasteiger partial charge in [-0.3, -0.25) is 4.79 Å². The Kier molecular flexibility index (Phi) is 7.75. The summed E-state index contributed by atoms with van der Waals surface area (Å²) in [5, 5.41) is 2.69. The summed E-state index contributed by atoms with van der Waals surface area (Å²) in [6.45, 7) is 9.05. The Morgan fingerprint density at radius 2 is 1.82 bits per heavy atom. The molecule has 1 aliphatic rings. The molecule has 34 heavy (non-hydrogen) atoms. The van der Waals surface area contributed by atoms with Crippen LogP contribution in [0.3, 0.4) is 0 Å². The zero-order valence-corrected chi connectivity index (χ0v) is 19.8. The number of carbonyl (C=O) groups is 1. The number of hydrogen-bond acceptors (Lipinski definition) is 4.